The fourth-order valence-electron chi connectivity index (χ4n) is 1.14. The second-order valence-corrected chi connectivity index (χ2v) is 4.22. The van der Waals surface area contributed by atoms with Crippen LogP contribution in [-0.2, 0) is 11.3 Å². The van der Waals surface area contributed by atoms with E-state index in [2.05, 4.69) is 10.6 Å². The molecule has 17 heavy (non-hydrogen) atoms. The van der Waals surface area contributed by atoms with Crippen molar-refractivity contribution in [2.75, 3.05) is 6.61 Å². The number of amides is 2. The van der Waals surface area contributed by atoms with Crippen LogP contribution in [0.4, 0.5) is 4.79 Å². The summed E-state index contributed by atoms with van der Waals surface area (Å²) in [6.45, 7) is 1.62. The molecule has 0 aliphatic rings. The molecular formula is C10H14N2O4S. The number of hydrogen-bond acceptors (Lipinski definition) is 4. The van der Waals surface area contributed by atoms with E-state index in [1.54, 1.807) is 0 Å². The predicted molar refractivity (Wildman–Crippen MR) is 62.9 cm³/mol. The average Bonchev–Trinajstić information content (AvgIpc) is 2.68. The number of aliphatic carboxylic acids is 1. The van der Waals surface area contributed by atoms with Crippen LogP contribution in [0.2, 0.25) is 0 Å². The van der Waals surface area contributed by atoms with E-state index in [1.807, 2.05) is 17.7 Å². The number of nitrogens with one attached hydrogen (secondary N) is 2. The van der Waals surface area contributed by atoms with Crippen molar-refractivity contribution in [3.05, 3.63) is 21.9 Å². The Hall–Kier alpha value is -1.60. The third-order valence-corrected chi connectivity index (χ3v) is 3.10. The third kappa shape index (κ3) is 4.04. The van der Waals surface area contributed by atoms with Crippen molar-refractivity contribution in [3.8, 4) is 0 Å². The van der Waals surface area contributed by atoms with E-state index >= 15 is 0 Å². The lowest BCUT2D eigenvalue weighted by molar-refractivity contribution is -0.140. The van der Waals surface area contributed by atoms with Crippen molar-refractivity contribution in [1.29, 1.82) is 0 Å². The molecule has 4 N–H and O–H groups in total. The number of thiophene rings is 1. The average molecular weight is 258 g/mol. The molecule has 1 rings (SSSR count). The first-order chi connectivity index (χ1) is 8.04. The zero-order valence-electron chi connectivity index (χ0n) is 9.27. The molecule has 1 heterocycles. The minimum atomic E-state index is -1.28. The molecule has 0 spiro atoms. The maximum Gasteiger partial charge on any atom is 0.328 e. The molecule has 1 atom stereocenters. The van der Waals surface area contributed by atoms with Crippen molar-refractivity contribution >= 4 is 23.3 Å². The summed E-state index contributed by atoms with van der Waals surface area (Å²) < 4.78 is 0. The van der Waals surface area contributed by atoms with Crippen molar-refractivity contribution in [2.24, 2.45) is 0 Å². The van der Waals surface area contributed by atoms with E-state index in [1.165, 1.54) is 11.3 Å². The Morgan fingerprint density at radius 3 is 2.65 bits per heavy atom. The standard InChI is InChI=1S/C10H14N2O4S/c1-6-4-17-5-7(6)2-11-10(16)12-8(3-13)9(14)15/h4-5,8,13H,2-3H2,1H3,(H,14,15)(H2,11,12,16)/t8-/m1/s1. The number of carbonyl (C=O) groups excluding carboxylic acids is 1. The fraction of sp³-hybridized carbons (Fsp3) is 0.400. The highest BCUT2D eigenvalue weighted by atomic mass is 32.1. The number of rotatable bonds is 5. The van der Waals surface area contributed by atoms with Gasteiger partial charge in [-0.3, -0.25) is 0 Å². The number of aliphatic hydroxyl groups is 1. The number of carboxylic acids is 1. The quantitative estimate of drug-likeness (QED) is 0.610. The van der Waals surface area contributed by atoms with E-state index in [4.69, 9.17) is 10.2 Å². The molecule has 0 bridgehead atoms. The second-order valence-electron chi connectivity index (χ2n) is 3.48. The van der Waals surface area contributed by atoms with Gasteiger partial charge in [0.05, 0.1) is 6.61 Å². The lowest BCUT2D eigenvalue weighted by Crippen LogP contribution is -2.47. The minimum Gasteiger partial charge on any atom is -0.480 e. The first-order valence-corrected chi connectivity index (χ1v) is 5.88. The van der Waals surface area contributed by atoms with Crippen molar-refractivity contribution < 1.29 is 19.8 Å². The van der Waals surface area contributed by atoms with Crippen LogP contribution < -0.4 is 10.6 Å². The molecule has 1 aromatic rings. The number of aryl methyl sites for hydroxylation is 1. The monoisotopic (exact) mass is 258 g/mol. The van der Waals surface area contributed by atoms with Crippen molar-refractivity contribution in [2.45, 2.75) is 19.5 Å². The lowest BCUT2D eigenvalue weighted by atomic mass is 10.2. The number of urea groups is 1. The first-order valence-electron chi connectivity index (χ1n) is 4.94. The summed E-state index contributed by atoms with van der Waals surface area (Å²) in [4.78, 5) is 21.9. The highest BCUT2D eigenvalue weighted by Gasteiger charge is 2.18. The molecule has 0 aliphatic carbocycles. The van der Waals surface area contributed by atoms with Crippen LogP contribution in [0.3, 0.4) is 0 Å². The highest BCUT2D eigenvalue weighted by molar-refractivity contribution is 7.08. The molecule has 0 unspecified atom stereocenters. The van der Waals surface area contributed by atoms with Gasteiger partial charge in [0, 0.05) is 6.54 Å². The molecule has 6 nitrogen and oxygen atoms in total. The van der Waals surface area contributed by atoms with Gasteiger partial charge in [-0.05, 0) is 28.8 Å². The van der Waals surface area contributed by atoms with E-state index in [-0.39, 0.29) is 0 Å². The summed E-state index contributed by atoms with van der Waals surface area (Å²) in [6.07, 6.45) is 0. The molecule has 2 amide bonds. The van der Waals surface area contributed by atoms with E-state index in [0.29, 0.717) is 6.54 Å². The SMILES string of the molecule is Cc1cscc1CNC(=O)N[C@H](CO)C(=O)O. The zero-order valence-corrected chi connectivity index (χ0v) is 10.1. The van der Waals surface area contributed by atoms with Gasteiger partial charge in [-0.15, -0.1) is 0 Å². The van der Waals surface area contributed by atoms with Gasteiger partial charge in [-0.25, -0.2) is 9.59 Å². The summed E-state index contributed by atoms with van der Waals surface area (Å²) in [5, 5.41) is 25.9. The molecule has 1 aromatic heterocycles. The minimum absolute atomic E-state index is 0.332. The van der Waals surface area contributed by atoms with Gasteiger partial charge in [-0.1, -0.05) is 0 Å². The van der Waals surface area contributed by atoms with Crippen molar-refractivity contribution in [1.82, 2.24) is 10.6 Å². The predicted octanol–water partition coefficient (Wildman–Crippen LogP) is 0.301. The normalized spacial score (nSPS) is 11.9. The smallest absolute Gasteiger partial charge is 0.328 e. The maximum atomic E-state index is 11.3. The molecule has 94 valence electrons. The van der Waals surface area contributed by atoms with Crippen LogP contribution in [0.25, 0.3) is 0 Å². The Bertz CT molecular complexity index is 405. The van der Waals surface area contributed by atoms with E-state index in [9.17, 15) is 9.59 Å². The van der Waals surface area contributed by atoms with Gasteiger partial charge in [0.25, 0.3) is 0 Å². The summed E-state index contributed by atoms with van der Waals surface area (Å²) in [5.74, 6) is -1.27. The number of hydrogen-bond donors (Lipinski definition) is 4. The Balaban J connectivity index is 2.40. The lowest BCUT2D eigenvalue weighted by Gasteiger charge is -2.12. The van der Waals surface area contributed by atoms with Gasteiger partial charge in [-0.2, -0.15) is 11.3 Å². The number of carbonyl (C=O) groups is 2. The van der Waals surface area contributed by atoms with Crippen LogP contribution in [0.1, 0.15) is 11.1 Å². The largest absolute Gasteiger partial charge is 0.480 e. The summed E-state index contributed by atoms with van der Waals surface area (Å²) in [5.41, 5.74) is 2.06. The Labute approximate surface area is 102 Å². The van der Waals surface area contributed by atoms with Crippen molar-refractivity contribution in [3.63, 3.8) is 0 Å². The zero-order chi connectivity index (χ0) is 12.8. The summed E-state index contributed by atoms with van der Waals surface area (Å²) >= 11 is 1.54. The summed E-state index contributed by atoms with van der Waals surface area (Å²) in [6, 6.07) is -1.89. The Morgan fingerprint density at radius 2 is 2.18 bits per heavy atom. The Kier molecular flexibility index (Phi) is 4.92. The van der Waals surface area contributed by atoms with Crippen LogP contribution >= 0.6 is 11.3 Å². The molecule has 0 fully saturated rings. The van der Waals surface area contributed by atoms with Gasteiger partial charge >= 0.3 is 12.0 Å². The van der Waals surface area contributed by atoms with Gasteiger partial charge in [0.2, 0.25) is 0 Å². The van der Waals surface area contributed by atoms with E-state index in [0.717, 1.165) is 11.1 Å². The van der Waals surface area contributed by atoms with E-state index < -0.39 is 24.6 Å². The Morgan fingerprint density at radius 1 is 1.47 bits per heavy atom. The molecule has 0 saturated heterocycles. The second kappa shape index (κ2) is 6.21. The molecule has 0 saturated carbocycles. The highest BCUT2D eigenvalue weighted by Crippen LogP contribution is 2.12. The number of carboxylic acid groups (broad SMARTS) is 1. The number of aliphatic hydroxyl groups excluding tert-OH is 1. The molecule has 0 aromatic carbocycles. The van der Waals surface area contributed by atoms with Gasteiger partial charge < -0.3 is 20.8 Å². The van der Waals surface area contributed by atoms with Gasteiger partial charge in [0.15, 0.2) is 6.04 Å². The topological polar surface area (TPSA) is 98.7 Å². The van der Waals surface area contributed by atoms with Crippen LogP contribution in [0.15, 0.2) is 10.8 Å². The fourth-order valence-corrected chi connectivity index (χ4v) is 2.00. The molecule has 0 radical (unpaired) electrons. The van der Waals surface area contributed by atoms with Crippen LogP contribution in [0, 0.1) is 6.92 Å². The van der Waals surface area contributed by atoms with Crippen LogP contribution in [0.5, 0.6) is 0 Å². The maximum absolute atomic E-state index is 11.3. The van der Waals surface area contributed by atoms with Crippen LogP contribution in [-0.4, -0.2) is 34.9 Å². The third-order valence-electron chi connectivity index (χ3n) is 2.19. The molecule has 0 aliphatic heterocycles. The van der Waals surface area contributed by atoms with Gasteiger partial charge in [0.1, 0.15) is 0 Å². The first kappa shape index (κ1) is 13.5. The molecular weight excluding hydrogens is 244 g/mol. The summed E-state index contributed by atoms with van der Waals surface area (Å²) in [7, 11) is 0. The molecule has 7 heteroatoms.